The number of likely N-dealkylation sites (N-methyl/N-ethyl adjacent to an activating group) is 1. The van der Waals surface area contributed by atoms with E-state index in [0.29, 0.717) is 0 Å². The second-order valence-corrected chi connectivity index (χ2v) is 9.07. The molecule has 6 heteroatoms. The van der Waals surface area contributed by atoms with Gasteiger partial charge in [-0.15, -0.1) is 0 Å². The van der Waals surface area contributed by atoms with E-state index in [1.54, 1.807) is 0 Å². The Hall–Kier alpha value is -2.44. The summed E-state index contributed by atoms with van der Waals surface area (Å²) in [6.45, 7) is 6.98. The SMILES string of the molecule is CN(CCN1CCCCC1)C(=O)c1ccc(OC2CCN(Cc3ccccn3)CC2)cc1. The Morgan fingerprint density at radius 2 is 1.75 bits per heavy atom. The predicted molar refractivity (Wildman–Crippen MR) is 127 cm³/mol. The van der Waals surface area contributed by atoms with E-state index < -0.39 is 0 Å². The van der Waals surface area contributed by atoms with Crippen molar-refractivity contribution in [1.29, 1.82) is 0 Å². The van der Waals surface area contributed by atoms with Gasteiger partial charge in [-0.05, 0) is 75.2 Å². The lowest BCUT2D eigenvalue weighted by atomic mass is 10.1. The molecule has 32 heavy (non-hydrogen) atoms. The molecule has 0 atom stereocenters. The molecule has 6 nitrogen and oxygen atoms in total. The molecule has 2 saturated heterocycles. The normalized spacial score (nSPS) is 18.4. The van der Waals surface area contributed by atoms with Crippen molar-refractivity contribution in [2.45, 2.75) is 44.8 Å². The van der Waals surface area contributed by atoms with E-state index in [-0.39, 0.29) is 12.0 Å². The standard InChI is InChI=1S/C26H36N4O2/c1-28(19-20-29-15-5-2-6-16-29)26(31)22-8-10-24(11-9-22)32-25-12-17-30(18-13-25)21-23-7-3-4-14-27-23/h3-4,7-11,14,25H,2,5-6,12-13,15-21H2,1H3. The number of pyridine rings is 1. The van der Waals surface area contributed by atoms with Crippen LogP contribution < -0.4 is 4.74 Å². The molecule has 0 N–H and O–H groups in total. The molecular formula is C26H36N4O2. The largest absolute Gasteiger partial charge is 0.490 e. The van der Waals surface area contributed by atoms with E-state index in [4.69, 9.17) is 4.74 Å². The van der Waals surface area contributed by atoms with E-state index in [1.165, 1.54) is 19.3 Å². The maximum absolute atomic E-state index is 12.8. The van der Waals surface area contributed by atoms with Gasteiger partial charge in [0, 0.05) is 51.5 Å². The fourth-order valence-corrected chi connectivity index (χ4v) is 4.57. The van der Waals surface area contributed by atoms with Gasteiger partial charge in [0.05, 0.1) is 5.69 Å². The number of benzene rings is 1. The summed E-state index contributed by atoms with van der Waals surface area (Å²) in [5, 5.41) is 0. The van der Waals surface area contributed by atoms with Crippen molar-refractivity contribution >= 4 is 5.91 Å². The van der Waals surface area contributed by atoms with Crippen molar-refractivity contribution in [2.24, 2.45) is 0 Å². The average molecular weight is 437 g/mol. The quantitative estimate of drug-likeness (QED) is 0.632. The number of nitrogens with zero attached hydrogens (tertiary/aromatic N) is 4. The number of likely N-dealkylation sites (tertiary alicyclic amines) is 2. The molecule has 2 aliphatic heterocycles. The van der Waals surface area contributed by atoms with Crippen LogP contribution in [0.5, 0.6) is 5.75 Å². The molecule has 2 aromatic rings. The summed E-state index contributed by atoms with van der Waals surface area (Å²) in [5.74, 6) is 0.928. The molecule has 0 spiro atoms. The van der Waals surface area contributed by atoms with E-state index in [0.717, 1.165) is 75.7 Å². The molecule has 0 saturated carbocycles. The molecule has 2 fully saturated rings. The molecule has 3 heterocycles. The van der Waals surface area contributed by atoms with Gasteiger partial charge in [-0.25, -0.2) is 0 Å². The fraction of sp³-hybridized carbons (Fsp3) is 0.538. The van der Waals surface area contributed by atoms with Crippen LogP contribution in [0.3, 0.4) is 0 Å². The monoisotopic (exact) mass is 436 g/mol. The van der Waals surface area contributed by atoms with Gasteiger partial charge in [0.1, 0.15) is 11.9 Å². The van der Waals surface area contributed by atoms with Crippen molar-refractivity contribution in [3.63, 3.8) is 0 Å². The first kappa shape index (κ1) is 22.7. The first-order chi connectivity index (χ1) is 15.7. The molecule has 1 amide bonds. The summed E-state index contributed by atoms with van der Waals surface area (Å²) in [6, 6.07) is 13.7. The van der Waals surface area contributed by atoms with Gasteiger partial charge in [0.2, 0.25) is 0 Å². The minimum atomic E-state index is 0.0800. The van der Waals surface area contributed by atoms with Crippen LogP contribution in [0.2, 0.25) is 0 Å². The highest BCUT2D eigenvalue weighted by Crippen LogP contribution is 2.21. The lowest BCUT2D eigenvalue weighted by Crippen LogP contribution is -2.38. The van der Waals surface area contributed by atoms with Crippen LogP contribution in [0.25, 0.3) is 0 Å². The van der Waals surface area contributed by atoms with Crippen LogP contribution >= 0.6 is 0 Å². The minimum absolute atomic E-state index is 0.0800. The number of rotatable bonds is 8. The summed E-state index contributed by atoms with van der Waals surface area (Å²) >= 11 is 0. The van der Waals surface area contributed by atoms with Gasteiger partial charge in [-0.3, -0.25) is 14.7 Å². The second-order valence-electron chi connectivity index (χ2n) is 9.07. The molecule has 1 aromatic carbocycles. The van der Waals surface area contributed by atoms with Crippen LogP contribution in [0.15, 0.2) is 48.7 Å². The third-order valence-electron chi connectivity index (χ3n) is 6.60. The summed E-state index contributed by atoms with van der Waals surface area (Å²) in [7, 11) is 1.90. The number of amides is 1. The van der Waals surface area contributed by atoms with Crippen molar-refractivity contribution < 1.29 is 9.53 Å². The van der Waals surface area contributed by atoms with E-state index in [9.17, 15) is 4.79 Å². The number of carbonyl (C=O) groups excluding carboxylic acids is 1. The molecule has 4 rings (SSSR count). The van der Waals surface area contributed by atoms with Crippen LogP contribution in [0.1, 0.15) is 48.2 Å². The van der Waals surface area contributed by atoms with Crippen LogP contribution in [0, 0.1) is 0 Å². The Labute approximate surface area is 192 Å². The van der Waals surface area contributed by atoms with Gasteiger partial charge in [0.25, 0.3) is 5.91 Å². The van der Waals surface area contributed by atoms with E-state index >= 15 is 0 Å². The van der Waals surface area contributed by atoms with E-state index in [1.807, 2.05) is 54.5 Å². The Morgan fingerprint density at radius 1 is 1.00 bits per heavy atom. The summed E-state index contributed by atoms with van der Waals surface area (Å²) in [4.78, 5) is 23.9. The van der Waals surface area contributed by atoms with Crippen molar-refractivity contribution in [1.82, 2.24) is 19.7 Å². The smallest absolute Gasteiger partial charge is 0.253 e. The van der Waals surface area contributed by atoms with Gasteiger partial charge in [0.15, 0.2) is 0 Å². The molecule has 1 aromatic heterocycles. The number of carbonyl (C=O) groups is 1. The molecule has 172 valence electrons. The summed E-state index contributed by atoms with van der Waals surface area (Å²) in [5.41, 5.74) is 1.84. The van der Waals surface area contributed by atoms with E-state index in [2.05, 4.69) is 20.9 Å². The number of piperidine rings is 2. The Bertz CT molecular complexity index is 829. The maximum atomic E-state index is 12.8. The number of hydrogen-bond donors (Lipinski definition) is 0. The Kier molecular flexibility index (Phi) is 8.13. The van der Waals surface area contributed by atoms with Crippen molar-refractivity contribution in [2.75, 3.05) is 46.3 Å². The Balaban J connectivity index is 1.20. The lowest BCUT2D eigenvalue weighted by molar-refractivity contribution is 0.0772. The second kappa shape index (κ2) is 11.4. The van der Waals surface area contributed by atoms with Crippen LogP contribution in [-0.4, -0.2) is 78.0 Å². The number of ether oxygens (including phenoxy) is 1. The Morgan fingerprint density at radius 3 is 2.44 bits per heavy atom. The molecule has 0 bridgehead atoms. The predicted octanol–water partition coefficient (Wildman–Crippen LogP) is 3.68. The third-order valence-corrected chi connectivity index (χ3v) is 6.60. The zero-order valence-corrected chi connectivity index (χ0v) is 19.3. The van der Waals surface area contributed by atoms with Gasteiger partial charge < -0.3 is 14.5 Å². The first-order valence-electron chi connectivity index (χ1n) is 12.0. The van der Waals surface area contributed by atoms with Gasteiger partial charge in [-0.1, -0.05) is 12.5 Å². The topological polar surface area (TPSA) is 48.9 Å². The molecule has 2 aliphatic rings. The van der Waals surface area contributed by atoms with Crippen molar-refractivity contribution in [3.8, 4) is 5.75 Å². The maximum Gasteiger partial charge on any atom is 0.253 e. The summed E-state index contributed by atoms with van der Waals surface area (Å²) in [6.07, 6.45) is 7.99. The highest BCUT2D eigenvalue weighted by molar-refractivity contribution is 5.94. The molecular weight excluding hydrogens is 400 g/mol. The number of aromatic nitrogens is 1. The highest BCUT2D eigenvalue weighted by Gasteiger charge is 2.21. The van der Waals surface area contributed by atoms with Crippen LogP contribution in [-0.2, 0) is 6.54 Å². The zero-order valence-electron chi connectivity index (χ0n) is 19.3. The molecule has 0 radical (unpaired) electrons. The number of hydrogen-bond acceptors (Lipinski definition) is 5. The average Bonchev–Trinajstić information content (AvgIpc) is 2.85. The minimum Gasteiger partial charge on any atom is -0.490 e. The zero-order chi connectivity index (χ0) is 22.2. The lowest BCUT2D eigenvalue weighted by Gasteiger charge is -2.32. The van der Waals surface area contributed by atoms with Crippen LogP contribution in [0.4, 0.5) is 0 Å². The highest BCUT2D eigenvalue weighted by atomic mass is 16.5. The first-order valence-corrected chi connectivity index (χ1v) is 12.0. The van der Waals surface area contributed by atoms with Crippen molar-refractivity contribution in [3.05, 3.63) is 59.9 Å². The molecule has 0 aliphatic carbocycles. The third kappa shape index (κ3) is 6.53. The van der Waals surface area contributed by atoms with Gasteiger partial charge >= 0.3 is 0 Å². The van der Waals surface area contributed by atoms with Gasteiger partial charge in [-0.2, -0.15) is 0 Å². The summed E-state index contributed by atoms with van der Waals surface area (Å²) < 4.78 is 6.20. The fourth-order valence-electron chi connectivity index (χ4n) is 4.57. The molecule has 0 unspecified atom stereocenters.